The Balaban J connectivity index is 1.22. The predicted molar refractivity (Wildman–Crippen MR) is 129 cm³/mol. The lowest BCUT2D eigenvalue weighted by Crippen LogP contribution is -2.47. The zero-order valence-electron chi connectivity index (χ0n) is 18.7. The molecule has 2 amide bonds. The summed E-state index contributed by atoms with van der Waals surface area (Å²) in [7, 11) is 1.79. The molecule has 7 heteroatoms. The maximum atomic E-state index is 12.7. The summed E-state index contributed by atoms with van der Waals surface area (Å²) in [5, 5.41) is 3.78. The van der Waals surface area contributed by atoms with Crippen LogP contribution in [0.5, 0.6) is 0 Å². The molecular formula is C26H28ClN3O3. The molecule has 33 heavy (non-hydrogen) atoms. The second-order valence-corrected chi connectivity index (χ2v) is 8.85. The third-order valence-corrected chi connectivity index (χ3v) is 6.18. The van der Waals surface area contributed by atoms with Crippen LogP contribution >= 0.6 is 11.6 Å². The highest BCUT2D eigenvalue weighted by atomic mass is 35.5. The van der Waals surface area contributed by atoms with Gasteiger partial charge in [-0.25, -0.2) is 0 Å². The summed E-state index contributed by atoms with van der Waals surface area (Å²) in [5.74, 6) is 1.49. The third-order valence-electron chi connectivity index (χ3n) is 5.93. The Morgan fingerprint density at radius 2 is 1.73 bits per heavy atom. The zero-order valence-corrected chi connectivity index (χ0v) is 19.4. The minimum Gasteiger partial charge on any atom is -0.459 e. The molecule has 0 saturated carbocycles. The lowest BCUT2D eigenvalue weighted by atomic mass is 10.0. The van der Waals surface area contributed by atoms with E-state index in [0.29, 0.717) is 23.7 Å². The summed E-state index contributed by atoms with van der Waals surface area (Å²) in [6.45, 7) is 2.33. The number of likely N-dealkylation sites (N-methyl/N-ethyl adjacent to an activating group) is 1. The fourth-order valence-corrected chi connectivity index (χ4v) is 4.09. The minimum absolute atomic E-state index is 0.0405. The van der Waals surface area contributed by atoms with E-state index >= 15 is 0 Å². The van der Waals surface area contributed by atoms with Crippen molar-refractivity contribution in [3.63, 3.8) is 0 Å². The van der Waals surface area contributed by atoms with Crippen molar-refractivity contribution in [2.45, 2.75) is 25.4 Å². The summed E-state index contributed by atoms with van der Waals surface area (Å²) in [6, 6.07) is 20.7. The van der Waals surface area contributed by atoms with Crippen LogP contribution in [0.4, 0.5) is 0 Å². The molecule has 3 aromatic rings. The van der Waals surface area contributed by atoms with Gasteiger partial charge in [-0.1, -0.05) is 29.8 Å². The first-order chi connectivity index (χ1) is 16.0. The van der Waals surface area contributed by atoms with Gasteiger partial charge in [0.15, 0.2) is 0 Å². The molecule has 172 valence electrons. The average Bonchev–Trinajstić information content (AvgIpc) is 3.29. The maximum absolute atomic E-state index is 12.7. The first-order valence-electron chi connectivity index (χ1n) is 11.1. The Bertz CT molecular complexity index is 1070. The van der Waals surface area contributed by atoms with Crippen molar-refractivity contribution < 1.29 is 14.0 Å². The number of halogens is 1. The molecule has 2 heterocycles. The molecule has 0 radical (unpaired) electrons. The van der Waals surface area contributed by atoms with Crippen molar-refractivity contribution in [1.29, 1.82) is 0 Å². The van der Waals surface area contributed by atoms with Gasteiger partial charge in [0.2, 0.25) is 5.91 Å². The second kappa shape index (κ2) is 10.7. The molecule has 0 unspecified atom stereocenters. The number of nitrogens with zero attached hydrogens (tertiary/aromatic N) is 2. The Hall–Kier alpha value is -3.09. The summed E-state index contributed by atoms with van der Waals surface area (Å²) in [6.07, 6.45) is 1.66. The molecule has 0 bridgehead atoms. The molecule has 0 atom stereocenters. The van der Waals surface area contributed by atoms with E-state index in [-0.39, 0.29) is 17.9 Å². The van der Waals surface area contributed by atoms with Gasteiger partial charge in [-0.3, -0.25) is 14.5 Å². The molecule has 0 spiro atoms. The normalized spacial score (nSPS) is 14.7. The van der Waals surface area contributed by atoms with Crippen molar-refractivity contribution in [3.05, 3.63) is 83.1 Å². The van der Waals surface area contributed by atoms with Crippen LogP contribution in [-0.2, 0) is 11.3 Å². The van der Waals surface area contributed by atoms with Gasteiger partial charge in [-0.05, 0) is 61.4 Å². The number of likely N-dealkylation sites (tertiary alicyclic amines) is 1. The van der Waals surface area contributed by atoms with Crippen LogP contribution in [0.15, 0.2) is 71.1 Å². The van der Waals surface area contributed by atoms with Gasteiger partial charge < -0.3 is 14.6 Å². The lowest BCUT2D eigenvalue weighted by Gasteiger charge is -2.32. The molecular weight excluding hydrogens is 438 g/mol. The van der Waals surface area contributed by atoms with Crippen molar-refractivity contribution in [1.82, 2.24) is 15.1 Å². The highest BCUT2D eigenvalue weighted by Gasteiger charge is 2.23. The molecule has 1 saturated heterocycles. The van der Waals surface area contributed by atoms with Gasteiger partial charge in [0.25, 0.3) is 5.91 Å². The quantitative estimate of drug-likeness (QED) is 0.559. The van der Waals surface area contributed by atoms with E-state index in [0.717, 1.165) is 43.0 Å². The van der Waals surface area contributed by atoms with Crippen LogP contribution in [0.1, 0.15) is 29.0 Å². The molecule has 1 aliphatic heterocycles. The van der Waals surface area contributed by atoms with E-state index < -0.39 is 0 Å². The van der Waals surface area contributed by atoms with Gasteiger partial charge >= 0.3 is 0 Å². The first kappa shape index (κ1) is 23.1. The van der Waals surface area contributed by atoms with E-state index in [1.807, 2.05) is 66.7 Å². The van der Waals surface area contributed by atoms with Gasteiger partial charge in [-0.2, -0.15) is 0 Å². The summed E-state index contributed by atoms with van der Waals surface area (Å²) >= 11 is 5.95. The molecule has 6 nitrogen and oxygen atoms in total. The molecule has 1 N–H and O–H groups in total. The summed E-state index contributed by atoms with van der Waals surface area (Å²) in [5.41, 5.74) is 1.62. The molecule has 2 aromatic carbocycles. The van der Waals surface area contributed by atoms with Crippen LogP contribution < -0.4 is 5.32 Å². The van der Waals surface area contributed by atoms with E-state index in [1.165, 1.54) is 0 Å². The number of hydrogen-bond donors (Lipinski definition) is 1. The standard InChI is InChI=1S/C26H28ClN3O3/c1-29(17-23-11-12-24(33-23)19-7-9-21(27)10-8-19)25(31)18-30-15-13-22(14-16-30)28-26(32)20-5-3-2-4-6-20/h2-12,22H,13-18H2,1H3,(H,28,32). The fourth-order valence-electron chi connectivity index (χ4n) is 3.96. The third kappa shape index (κ3) is 6.24. The van der Waals surface area contributed by atoms with Gasteiger partial charge in [0, 0.05) is 42.3 Å². The largest absolute Gasteiger partial charge is 0.459 e. The van der Waals surface area contributed by atoms with Crippen LogP contribution in [0.2, 0.25) is 5.02 Å². The minimum atomic E-state index is -0.0405. The van der Waals surface area contributed by atoms with Crippen LogP contribution in [0, 0.1) is 0 Å². The number of hydrogen-bond acceptors (Lipinski definition) is 4. The Labute approximate surface area is 199 Å². The number of piperidine rings is 1. The number of nitrogens with one attached hydrogen (secondary N) is 1. The Kier molecular flexibility index (Phi) is 7.47. The van der Waals surface area contributed by atoms with E-state index in [1.54, 1.807) is 11.9 Å². The molecule has 4 rings (SSSR count). The average molecular weight is 466 g/mol. The van der Waals surface area contributed by atoms with E-state index in [2.05, 4.69) is 10.2 Å². The second-order valence-electron chi connectivity index (χ2n) is 8.41. The van der Waals surface area contributed by atoms with Gasteiger partial charge in [-0.15, -0.1) is 0 Å². The zero-order chi connectivity index (χ0) is 23.2. The van der Waals surface area contributed by atoms with Crippen molar-refractivity contribution >= 4 is 23.4 Å². The first-order valence-corrected chi connectivity index (χ1v) is 11.5. The van der Waals surface area contributed by atoms with Crippen molar-refractivity contribution in [2.75, 3.05) is 26.7 Å². The lowest BCUT2D eigenvalue weighted by molar-refractivity contribution is -0.132. The number of amides is 2. The molecule has 1 aromatic heterocycles. The van der Waals surface area contributed by atoms with E-state index in [9.17, 15) is 9.59 Å². The number of furan rings is 1. The Morgan fingerprint density at radius 3 is 2.42 bits per heavy atom. The Morgan fingerprint density at radius 1 is 1.03 bits per heavy atom. The van der Waals surface area contributed by atoms with Crippen LogP contribution in [0.3, 0.4) is 0 Å². The summed E-state index contributed by atoms with van der Waals surface area (Å²) < 4.78 is 5.92. The molecule has 0 aliphatic carbocycles. The molecule has 1 fully saturated rings. The highest BCUT2D eigenvalue weighted by Crippen LogP contribution is 2.24. The van der Waals surface area contributed by atoms with Gasteiger partial charge in [0.05, 0.1) is 13.1 Å². The number of rotatable bonds is 7. The highest BCUT2D eigenvalue weighted by molar-refractivity contribution is 6.30. The van der Waals surface area contributed by atoms with E-state index in [4.69, 9.17) is 16.0 Å². The van der Waals surface area contributed by atoms with Crippen LogP contribution in [-0.4, -0.2) is 54.3 Å². The maximum Gasteiger partial charge on any atom is 0.251 e. The van der Waals surface area contributed by atoms with Crippen molar-refractivity contribution in [3.8, 4) is 11.3 Å². The van der Waals surface area contributed by atoms with Gasteiger partial charge in [0.1, 0.15) is 11.5 Å². The smallest absolute Gasteiger partial charge is 0.251 e. The topological polar surface area (TPSA) is 65.8 Å². The van der Waals surface area contributed by atoms with Crippen LogP contribution in [0.25, 0.3) is 11.3 Å². The number of carbonyl (C=O) groups is 2. The molecule has 1 aliphatic rings. The predicted octanol–water partition coefficient (Wildman–Crippen LogP) is 4.45. The fraction of sp³-hybridized carbons (Fsp3) is 0.308. The number of carbonyl (C=O) groups excluding carboxylic acids is 2. The number of benzene rings is 2. The monoisotopic (exact) mass is 465 g/mol. The van der Waals surface area contributed by atoms with Crippen molar-refractivity contribution in [2.24, 2.45) is 0 Å². The SMILES string of the molecule is CN(Cc1ccc(-c2ccc(Cl)cc2)o1)C(=O)CN1CCC(NC(=O)c2ccccc2)CC1. The summed E-state index contributed by atoms with van der Waals surface area (Å²) in [4.78, 5) is 28.9.